The van der Waals surface area contributed by atoms with Crippen LogP contribution in [-0.2, 0) is 4.74 Å². The van der Waals surface area contributed by atoms with Crippen molar-refractivity contribution >= 4 is 28.3 Å². The summed E-state index contributed by atoms with van der Waals surface area (Å²) in [6.45, 7) is 0. The predicted molar refractivity (Wildman–Crippen MR) is 58.1 cm³/mol. The minimum absolute atomic E-state index is 0.0607. The molecule has 0 radical (unpaired) electrons. The number of halogens is 2. The molecule has 82 valence electrons. The first kappa shape index (κ1) is 10.8. The molecule has 0 unspecified atom stereocenters. The van der Waals surface area contributed by atoms with Gasteiger partial charge in [-0.15, -0.1) is 0 Å². The van der Waals surface area contributed by atoms with Crippen LogP contribution in [0.5, 0.6) is 0 Å². The van der Waals surface area contributed by atoms with Crippen LogP contribution in [0.4, 0.5) is 4.39 Å². The third kappa shape index (κ3) is 1.84. The average Bonchev–Trinajstić information content (AvgIpc) is 2.27. The van der Waals surface area contributed by atoms with Crippen LogP contribution in [0, 0.1) is 5.82 Å². The lowest BCUT2D eigenvalue weighted by molar-refractivity contribution is 0.0594. The number of hydrogen-bond donors (Lipinski definition) is 0. The van der Waals surface area contributed by atoms with Crippen molar-refractivity contribution in [3.63, 3.8) is 0 Å². The van der Waals surface area contributed by atoms with E-state index in [2.05, 4.69) is 9.72 Å². The second-order valence-corrected chi connectivity index (χ2v) is 3.51. The molecule has 0 saturated heterocycles. The van der Waals surface area contributed by atoms with Gasteiger partial charge >= 0.3 is 5.97 Å². The third-order valence-corrected chi connectivity index (χ3v) is 2.43. The summed E-state index contributed by atoms with van der Waals surface area (Å²) in [5.41, 5.74) is 0.0607. The fourth-order valence-corrected chi connectivity index (χ4v) is 1.66. The maximum Gasteiger partial charge on any atom is 0.356 e. The summed E-state index contributed by atoms with van der Waals surface area (Å²) in [6.07, 6.45) is 0. The van der Waals surface area contributed by atoms with Gasteiger partial charge in [0.25, 0.3) is 0 Å². The molecule has 0 aliphatic rings. The summed E-state index contributed by atoms with van der Waals surface area (Å²) in [7, 11) is 1.24. The molecule has 1 heterocycles. The van der Waals surface area contributed by atoms with Crippen LogP contribution in [0.1, 0.15) is 10.5 Å². The van der Waals surface area contributed by atoms with Crippen LogP contribution in [0.3, 0.4) is 0 Å². The van der Waals surface area contributed by atoms with E-state index in [-0.39, 0.29) is 10.8 Å². The normalized spacial score (nSPS) is 10.4. The molecule has 3 nitrogen and oxygen atoms in total. The fourth-order valence-electron chi connectivity index (χ4n) is 1.40. The number of carbonyl (C=O) groups excluding carboxylic acids is 1. The van der Waals surface area contributed by atoms with Crippen molar-refractivity contribution in [2.45, 2.75) is 0 Å². The monoisotopic (exact) mass is 239 g/mol. The van der Waals surface area contributed by atoms with Gasteiger partial charge in [-0.2, -0.15) is 0 Å². The van der Waals surface area contributed by atoms with E-state index in [0.29, 0.717) is 10.8 Å². The first-order valence-corrected chi connectivity index (χ1v) is 4.84. The molecule has 2 rings (SSSR count). The predicted octanol–water partition coefficient (Wildman–Crippen LogP) is 2.81. The third-order valence-electron chi connectivity index (χ3n) is 2.14. The molecular weight excluding hydrogens is 233 g/mol. The van der Waals surface area contributed by atoms with Gasteiger partial charge < -0.3 is 4.74 Å². The minimum atomic E-state index is -0.604. The quantitative estimate of drug-likeness (QED) is 0.567. The standard InChI is InChI=1S/C11H7ClFNO2/c1-16-11(15)9-5-6-4-7(13)2-3-8(6)10(12)14-9/h2-5H,1H3. The summed E-state index contributed by atoms with van der Waals surface area (Å²) >= 11 is 5.87. The molecule has 0 amide bonds. The Kier molecular flexibility index (Phi) is 2.75. The Bertz CT molecular complexity index is 571. The highest BCUT2D eigenvalue weighted by atomic mass is 35.5. The molecule has 0 fully saturated rings. The van der Waals surface area contributed by atoms with Crippen molar-refractivity contribution in [1.29, 1.82) is 0 Å². The lowest BCUT2D eigenvalue weighted by atomic mass is 10.1. The van der Waals surface area contributed by atoms with Crippen LogP contribution in [0.15, 0.2) is 24.3 Å². The van der Waals surface area contributed by atoms with Gasteiger partial charge in [0.1, 0.15) is 11.0 Å². The molecule has 0 aliphatic carbocycles. The number of ether oxygens (including phenoxy) is 1. The van der Waals surface area contributed by atoms with Crippen molar-refractivity contribution < 1.29 is 13.9 Å². The van der Waals surface area contributed by atoms with Crippen LogP contribution < -0.4 is 0 Å². The van der Waals surface area contributed by atoms with Gasteiger partial charge in [0.2, 0.25) is 0 Å². The molecule has 5 heteroatoms. The van der Waals surface area contributed by atoms with Gasteiger partial charge in [-0.05, 0) is 29.7 Å². The molecule has 16 heavy (non-hydrogen) atoms. The van der Waals surface area contributed by atoms with Gasteiger partial charge in [0.05, 0.1) is 7.11 Å². The number of aromatic nitrogens is 1. The lowest BCUT2D eigenvalue weighted by Gasteiger charge is -2.03. The Labute approximate surface area is 95.8 Å². The molecule has 0 spiro atoms. The average molecular weight is 240 g/mol. The van der Waals surface area contributed by atoms with E-state index < -0.39 is 11.8 Å². The zero-order valence-corrected chi connectivity index (χ0v) is 9.08. The topological polar surface area (TPSA) is 39.2 Å². The number of pyridine rings is 1. The SMILES string of the molecule is COC(=O)c1cc2cc(F)ccc2c(Cl)n1. The second kappa shape index (κ2) is 4.06. The highest BCUT2D eigenvalue weighted by Crippen LogP contribution is 2.23. The number of esters is 1. The van der Waals surface area contributed by atoms with E-state index in [4.69, 9.17) is 11.6 Å². The summed E-state index contributed by atoms with van der Waals surface area (Å²) in [6, 6.07) is 5.53. The Morgan fingerprint density at radius 3 is 2.88 bits per heavy atom. The Balaban J connectivity index is 2.69. The highest BCUT2D eigenvalue weighted by molar-refractivity contribution is 6.34. The molecule has 0 atom stereocenters. The molecule has 0 bridgehead atoms. The Morgan fingerprint density at radius 1 is 1.44 bits per heavy atom. The largest absolute Gasteiger partial charge is 0.464 e. The number of rotatable bonds is 1. The number of hydrogen-bond acceptors (Lipinski definition) is 3. The van der Waals surface area contributed by atoms with Gasteiger partial charge in [-0.3, -0.25) is 0 Å². The molecular formula is C11H7ClFNO2. The van der Waals surface area contributed by atoms with E-state index >= 15 is 0 Å². The number of fused-ring (bicyclic) bond motifs is 1. The van der Waals surface area contributed by atoms with Gasteiger partial charge in [0, 0.05) is 5.39 Å². The first-order chi connectivity index (χ1) is 7.61. The van der Waals surface area contributed by atoms with E-state index in [9.17, 15) is 9.18 Å². The molecule has 1 aromatic heterocycles. The van der Waals surface area contributed by atoms with Crippen molar-refractivity contribution in [2.24, 2.45) is 0 Å². The van der Waals surface area contributed by atoms with Crippen LogP contribution in [0.25, 0.3) is 10.8 Å². The summed E-state index contributed by atoms with van der Waals surface area (Å²) in [5.74, 6) is -1.00. The molecule has 0 aliphatic heterocycles. The van der Waals surface area contributed by atoms with Crippen LogP contribution >= 0.6 is 11.6 Å². The van der Waals surface area contributed by atoms with E-state index in [1.165, 1.54) is 31.4 Å². The number of methoxy groups -OCH3 is 1. The molecule has 0 saturated carbocycles. The smallest absolute Gasteiger partial charge is 0.356 e. The van der Waals surface area contributed by atoms with Gasteiger partial charge in [-0.25, -0.2) is 14.2 Å². The van der Waals surface area contributed by atoms with E-state index in [0.717, 1.165) is 0 Å². The van der Waals surface area contributed by atoms with E-state index in [1.807, 2.05) is 0 Å². The van der Waals surface area contributed by atoms with Crippen molar-refractivity contribution in [2.75, 3.05) is 7.11 Å². The number of nitrogens with zero attached hydrogens (tertiary/aromatic N) is 1. The maximum absolute atomic E-state index is 13.0. The van der Waals surface area contributed by atoms with Crippen LogP contribution in [-0.4, -0.2) is 18.1 Å². The lowest BCUT2D eigenvalue weighted by Crippen LogP contribution is -2.04. The summed E-state index contributed by atoms with van der Waals surface area (Å²) in [5, 5.41) is 1.26. The molecule has 2 aromatic rings. The van der Waals surface area contributed by atoms with Gasteiger partial charge in [0.15, 0.2) is 5.69 Å². The number of carbonyl (C=O) groups is 1. The molecule has 0 N–H and O–H groups in total. The Morgan fingerprint density at radius 2 is 2.19 bits per heavy atom. The highest BCUT2D eigenvalue weighted by Gasteiger charge is 2.11. The minimum Gasteiger partial charge on any atom is -0.464 e. The zero-order valence-electron chi connectivity index (χ0n) is 8.33. The first-order valence-electron chi connectivity index (χ1n) is 4.46. The fraction of sp³-hybridized carbons (Fsp3) is 0.0909. The Hall–Kier alpha value is -1.68. The summed E-state index contributed by atoms with van der Waals surface area (Å²) < 4.78 is 17.5. The van der Waals surface area contributed by atoms with Gasteiger partial charge in [-0.1, -0.05) is 11.6 Å². The van der Waals surface area contributed by atoms with Crippen LogP contribution in [0.2, 0.25) is 5.15 Å². The second-order valence-electron chi connectivity index (χ2n) is 3.16. The van der Waals surface area contributed by atoms with E-state index in [1.54, 1.807) is 0 Å². The zero-order chi connectivity index (χ0) is 11.7. The maximum atomic E-state index is 13.0. The van der Waals surface area contributed by atoms with Crippen molar-refractivity contribution in [1.82, 2.24) is 4.98 Å². The molecule has 1 aromatic carbocycles. The van der Waals surface area contributed by atoms with Crippen molar-refractivity contribution in [3.8, 4) is 0 Å². The van der Waals surface area contributed by atoms with Crippen molar-refractivity contribution in [3.05, 3.63) is 40.9 Å². The number of benzene rings is 1. The summed E-state index contributed by atoms with van der Waals surface area (Å²) in [4.78, 5) is 15.1.